The highest BCUT2D eigenvalue weighted by molar-refractivity contribution is 6.01. The molecular weight excluding hydrogens is 322 g/mol. The quantitative estimate of drug-likeness (QED) is 0.775. The predicted octanol–water partition coefficient (Wildman–Crippen LogP) is 2.67. The molecule has 2 rings (SSSR count). The smallest absolute Gasteiger partial charge is 0.319 e. The Balaban J connectivity index is 2.10. The van der Waals surface area contributed by atoms with Crippen LogP contribution in [0.15, 0.2) is 24.3 Å². The molecule has 1 aliphatic heterocycles. The van der Waals surface area contributed by atoms with Gasteiger partial charge in [0.25, 0.3) is 0 Å². The van der Waals surface area contributed by atoms with E-state index in [9.17, 15) is 14.4 Å². The van der Waals surface area contributed by atoms with Gasteiger partial charge in [-0.05, 0) is 31.9 Å². The monoisotopic (exact) mass is 347 g/mol. The number of ether oxygens (including phenoxy) is 1. The molecule has 3 amide bonds. The Labute approximate surface area is 147 Å². The third-order valence-corrected chi connectivity index (χ3v) is 4.47. The largest absolute Gasteiger partial charge is 0.469 e. The lowest BCUT2D eigenvalue weighted by Crippen LogP contribution is -2.49. The van der Waals surface area contributed by atoms with Crippen molar-refractivity contribution in [3.05, 3.63) is 24.3 Å². The third-order valence-electron chi connectivity index (χ3n) is 4.47. The van der Waals surface area contributed by atoms with Gasteiger partial charge < -0.3 is 20.3 Å². The van der Waals surface area contributed by atoms with Crippen LogP contribution in [0.5, 0.6) is 0 Å². The van der Waals surface area contributed by atoms with E-state index in [1.165, 1.54) is 7.11 Å². The maximum atomic E-state index is 12.4. The van der Waals surface area contributed by atoms with Crippen molar-refractivity contribution < 1.29 is 19.1 Å². The molecule has 1 aliphatic rings. The number of para-hydroxylation sites is 2. The number of urea groups is 1. The van der Waals surface area contributed by atoms with Crippen LogP contribution in [0.4, 0.5) is 16.2 Å². The number of hydrogen-bond acceptors (Lipinski definition) is 4. The summed E-state index contributed by atoms with van der Waals surface area (Å²) in [5.41, 5.74) is 0.536. The Bertz CT molecular complexity index is 661. The zero-order valence-corrected chi connectivity index (χ0v) is 14.9. The first-order valence-electron chi connectivity index (χ1n) is 8.44. The van der Waals surface area contributed by atoms with Crippen molar-refractivity contribution in [2.24, 2.45) is 0 Å². The molecule has 0 bridgehead atoms. The van der Waals surface area contributed by atoms with Gasteiger partial charge >= 0.3 is 12.0 Å². The molecule has 0 radical (unpaired) electrons. The van der Waals surface area contributed by atoms with Crippen molar-refractivity contribution in [2.45, 2.75) is 45.1 Å². The molecule has 1 heterocycles. The fourth-order valence-corrected chi connectivity index (χ4v) is 2.79. The van der Waals surface area contributed by atoms with Gasteiger partial charge in [-0.2, -0.15) is 0 Å². The summed E-state index contributed by atoms with van der Waals surface area (Å²) in [6.45, 7) is 4.33. The molecule has 7 heteroatoms. The maximum absolute atomic E-state index is 12.4. The van der Waals surface area contributed by atoms with Gasteiger partial charge in [-0.25, -0.2) is 4.79 Å². The van der Waals surface area contributed by atoms with Crippen molar-refractivity contribution in [2.75, 3.05) is 23.9 Å². The van der Waals surface area contributed by atoms with Crippen LogP contribution in [0.1, 0.15) is 39.5 Å². The Morgan fingerprint density at radius 2 is 2.04 bits per heavy atom. The standard InChI is InChI=1S/C18H25N3O4/c1-4-18(2,12-16(23)25-3)20-17(24)19-13-8-5-6-9-14(13)21-11-7-10-15(21)22/h5-6,8-9H,4,7,10-12H2,1-3H3,(H2,19,20,24)/t18-/m1/s1. The molecule has 2 N–H and O–H groups in total. The second-order valence-electron chi connectivity index (χ2n) is 6.41. The van der Waals surface area contributed by atoms with Crippen LogP contribution in [-0.4, -0.2) is 37.1 Å². The molecule has 0 aromatic heterocycles. The molecule has 0 spiro atoms. The summed E-state index contributed by atoms with van der Waals surface area (Å²) in [5.74, 6) is -0.327. The van der Waals surface area contributed by atoms with E-state index >= 15 is 0 Å². The first kappa shape index (κ1) is 18.8. The highest BCUT2D eigenvalue weighted by Crippen LogP contribution is 2.29. The van der Waals surface area contributed by atoms with Crippen molar-refractivity contribution in [3.8, 4) is 0 Å². The minimum Gasteiger partial charge on any atom is -0.469 e. The van der Waals surface area contributed by atoms with Gasteiger partial charge in [0.05, 0.1) is 24.9 Å². The zero-order chi connectivity index (χ0) is 18.4. The van der Waals surface area contributed by atoms with Crippen molar-refractivity contribution >= 4 is 29.3 Å². The number of benzene rings is 1. The topological polar surface area (TPSA) is 87.7 Å². The highest BCUT2D eigenvalue weighted by Gasteiger charge is 2.29. The summed E-state index contributed by atoms with van der Waals surface area (Å²) in [4.78, 5) is 37.7. The van der Waals surface area contributed by atoms with Crippen molar-refractivity contribution in [1.82, 2.24) is 5.32 Å². The number of rotatable bonds is 6. The molecule has 1 aromatic rings. The minimum atomic E-state index is -0.713. The van der Waals surface area contributed by atoms with E-state index in [0.717, 1.165) is 6.42 Å². The number of nitrogens with zero attached hydrogens (tertiary/aromatic N) is 1. The molecule has 1 fully saturated rings. The second kappa shape index (κ2) is 8.00. The van der Waals surface area contributed by atoms with E-state index in [-0.39, 0.29) is 18.3 Å². The van der Waals surface area contributed by atoms with E-state index in [0.29, 0.717) is 30.8 Å². The van der Waals surface area contributed by atoms with Crippen LogP contribution in [0.3, 0.4) is 0 Å². The fraction of sp³-hybridized carbons (Fsp3) is 0.500. The Kier molecular flexibility index (Phi) is 6.01. The van der Waals surface area contributed by atoms with Gasteiger partial charge in [-0.3, -0.25) is 9.59 Å². The molecule has 0 saturated carbocycles. The van der Waals surface area contributed by atoms with Gasteiger partial charge in [0.2, 0.25) is 5.91 Å². The molecule has 1 atom stereocenters. The van der Waals surface area contributed by atoms with E-state index in [2.05, 4.69) is 10.6 Å². The van der Waals surface area contributed by atoms with Crippen LogP contribution >= 0.6 is 0 Å². The van der Waals surface area contributed by atoms with Crippen LogP contribution < -0.4 is 15.5 Å². The van der Waals surface area contributed by atoms with Gasteiger partial charge in [-0.1, -0.05) is 19.1 Å². The molecule has 1 saturated heterocycles. The zero-order valence-electron chi connectivity index (χ0n) is 14.9. The Hall–Kier alpha value is -2.57. The van der Waals surface area contributed by atoms with Gasteiger partial charge in [-0.15, -0.1) is 0 Å². The molecule has 0 aliphatic carbocycles. The fourth-order valence-electron chi connectivity index (χ4n) is 2.79. The number of carbonyl (C=O) groups excluding carboxylic acids is 3. The van der Waals surface area contributed by atoms with E-state index < -0.39 is 11.6 Å². The first-order valence-corrected chi connectivity index (χ1v) is 8.44. The normalized spacial score (nSPS) is 16.3. The SMILES string of the molecule is CC[C@](C)(CC(=O)OC)NC(=O)Nc1ccccc1N1CCCC1=O. The maximum Gasteiger partial charge on any atom is 0.319 e. The molecule has 7 nitrogen and oxygen atoms in total. The van der Waals surface area contributed by atoms with Gasteiger partial charge in [0.1, 0.15) is 0 Å². The molecule has 1 aromatic carbocycles. The van der Waals surface area contributed by atoms with Crippen LogP contribution in [0.25, 0.3) is 0 Å². The summed E-state index contributed by atoms with van der Waals surface area (Å²) >= 11 is 0. The number of hydrogen-bond donors (Lipinski definition) is 2. The second-order valence-corrected chi connectivity index (χ2v) is 6.41. The van der Waals surface area contributed by atoms with Crippen molar-refractivity contribution in [1.29, 1.82) is 0 Å². The molecular formula is C18H25N3O4. The van der Waals surface area contributed by atoms with E-state index in [1.807, 2.05) is 19.1 Å². The Morgan fingerprint density at radius 1 is 1.32 bits per heavy atom. The highest BCUT2D eigenvalue weighted by atomic mass is 16.5. The predicted molar refractivity (Wildman–Crippen MR) is 95.5 cm³/mol. The minimum absolute atomic E-state index is 0.0544. The van der Waals surface area contributed by atoms with E-state index in [1.54, 1.807) is 24.0 Å². The van der Waals surface area contributed by atoms with Crippen LogP contribution in [-0.2, 0) is 14.3 Å². The van der Waals surface area contributed by atoms with Crippen LogP contribution in [0, 0.1) is 0 Å². The number of nitrogens with one attached hydrogen (secondary N) is 2. The van der Waals surface area contributed by atoms with Gasteiger partial charge in [0.15, 0.2) is 0 Å². The summed E-state index contributed by atoms with van der Waals surface area (Å²) in [5, 5.41) is 5.62. The average Bonchev–Trinajstić information content (AvgIpc) is 3.00. The molecule has 25 heavy (non-hydrogen) atoms. The lowest BCUT2D eigenvalue weighted by Gasteiger charge is -2.29. The average molecular weight is 347 g/mol. The lowest BCUT2D eigenvalue weighted by molar-refractivity contribution is -0.142. The Morgan fingerprint density at radius 3 is 2.64 bits per heavy atom. The number of methoxy groups -OCH3 is 1. The number of amides is 3. The van der Waals surface area contributed by atoms with Gasteiger partial charge in [0, 0.05) is 18.5 Å². The lowest BCUT2D eigenvalue weighted by atomic mass is 9.95. The summed E-state index contributed by atoms with van der Waals surface area (Å²) in [6.07, 6.45) is 1.99. The van der Waals surface area contributed by atoms with Crippen molar-refractivity contribution in [3.63, 3.8) is 0 Å². The summed E-state index contributed by atoms with van der Waals surface area (Å²) in [6, 6.07) is 6.77. The number of esters is 1. The number of anilines is 2. The molecule has 0 unspecified atom stereocenters. The first-order chi connectivity index (χ1) is 11.9. The number of carbonyl (C=O) groups is 3. The molecule has 136 valence electrons. The van der Waals surface area contributed by atoms with Crippen LogP contribution in [0.2, 0.25) is 0 Å². The summed E-state index contributed by atoms with van der Waals surface area (Å²) in [7, 11) is 1.32. The summed E-state index contributed by atoms with van der Waals surface area (Å²) < 4.78 is 4.69. The van der Waals surface area contributed by atoms with E-state index in [4.69, 9.17) is 4.74 Å². The third kappa shape index (κ3) is 4.71.